The largest absolute Gasteiger partial charge is 0.443 e. The topological polar surface area (TPSA) is 66.8 Å². The van der Waals surface area contributed by atoms with Crippen LogP contribution >= 0.6 is 0 Å². The lowest BCUT2D eigenvalue weighted by Crippen LogP contribution is -2.48. The van der Waals surface area contributed by atoms with Gasteiger partial charge in [0.25, 0.3) is 0 Å². The van der Waals surface area contributed by atoms with Gasteiger partial charge in [-0.2, -0.15) is 0 Å². The molecule has 1 atom stereocenters. The van der Waals surface area contributed by atoms with Crippen LogP contribution in [0.3, 0.4) is 0 Å². The third kappa shape index (κ3) is 3.47. The van der Waals surface area contributed by atoms with Crippen LogP contribution in [0.15, 0.2) is 48.5 Å². The van der Waals surface area contributed by atoms with Crippen LogP contribution in [0.2, 0.25) is 0 Å². The molecule has 1 heterocycles. The van der Waals surface area contributed by atoms with Crippen LogP contribution in [0.5, 0.6) is 0 Å². The lowest BCUT2D eigenvalue weighted by molar-refractivity contribution is -0.124. The van der Waals surface area contributed by atoms with Gasteiger partial charge in [-0.25, -0.2) is 9.69 Å². The van der Waals surface area contributed by atoms with E-state index in [-0.39, 0.29) is 0 Å². The van der Waals surface area contributed by atoms with E-state index in [0.717, 1.165) is 16.0 Å². The number of carbonyl (C=O) groups excluding carboxylic acids is 2. The number of amides is 2. The Bertz CT molecular complexity index is 867. The molecule has 1 aliphatic heterocycles. The fourth-order valence-electron chi connectivity index (χ4n) is 3.43. The van der Waals surface area contributed by atoms with Crippen molar-refractivity contribution in [3.05, 3.63) is 65.2 Å². The number of ether oxygens (including phenoxy) is 1. The van der Waals surface area contributed by atoms with Crippen LogP contribution in [0.4, 0.5) is 10.5 Å². The summed E-state index contributed by atoms with van der Waals surface area (Å²) in [7, 11) is 0. The molecule has 2 aromatic rings. The fourth-order valence-corrected chi connectivity index (χ4v) is 3.43. The first-order chi connectivity index (χ1) is 12.7. The fraction of sp³-hybridized carbons (Fsp3) is 0.364. The molecule has 0 saturated carbocycles. The maximum Gasteiger partial charge on any atom is 0.421 e. The number of aryl methyl sites for hydroxylation is 1. The van der Waals surface area contributed by atoms with Gasteiger partial charge in [-0.1, -0.05) is 48.0 Å². The maximum absolute atomic E-state index is 13.4. The molecular formula is C22H25NO4. The third-order valence-corrected chi connectivity index (χ3v) is 4.75. The minimum atomic E-state index is -1.21. The second-order valence-corrected chi connectivity index (χ2v) is 8.04. The molecule has 142 valence electrons. The summed E-state index contributed by atoms with van der Waals surface area (Å²) in [5.74, 6) is -0.457. The predicted molar refractivity (Wildman–Crippen MR) is 104 cm³/mol. The van der Waals surface area contributed by atoms with Crippen LogP contribution in [0.1, 0.15) is 37.5 Å². The summed E-state index contributed by atoms with van der Waals surface area (Å²) < 4.78 is 5.44. The van der Waals surface area contributed by atoms with Crippen molar-refractivity contribution in [3.63, 3.8) is 0 Å². The highest BCUT2D eigenvalue weighted by Crippen LogP contribution is 2.44. The zero-order chi connectivity index (χ0) is 19.8. The average Bonchev–Trinajstić information content (AvgIpc) is 2.84. The number of aliphatic hydroxyl groups is 1. The number of para-hydroxylation sites is 1. The van der Waals surface area contributed by atoms with E-state index in [1.165, 1.54) is 0 Å². The Morgan fingerprint density at radius 2 is 1.74 bits per heavy atom. The molecule has 0 radical (unpaired) electrons. The van der Waals surface area contributed by atoms with Crippen molar-refractivity contribution in [2.24, 2.45) is 0 Å². The molecule has 0 aromatic heterocycles. The first kappa shape index (κ1) is 19.1. The maximum atomic E-state index is 13.4. The van der Waals surface area contributed by atoms with Crippen molar-refractivity contribution in [2.75, 3.05) is 11.5 Å². The second-order valence-electron chi connectivity index (χ2n) is 8.04. The van der Waals surface area contributed by atoms with Crippen molar-refractivity contribution in [3.8, 4) is 0 Å². The summed E-state index contributed by atoms with van der Waals surface area (Å²) >= 11 is 0. The zero-order valence-corrected chi connectivity index (χ0v) is 16.2. The standard InChI is InChI=1S/C22H25NO4/c1-15-9-11-16(12-10-15)13-22(14-24)17-7-5-6-8-18(17)23(19(22)25)20(26)27-21(2,3)4/h5-12,24H,13-14H2,1-4H3/t22-/m1/s1. The van der Waals surface area contributed by atoms with E-state index in [4.69, 9.17) is 4.74 Å². The average molecular weight is 367 g/mol. The highest BCUT2D eigenvalue weighted by atomic mass is 16.6. The van der Waals surface area contributed by atoms with Gasteiger partial charge in [0.15, 0.2) is 0 Å². The van der Waals surface area contributed by atoms with Gasteiger partial charge < -0.3 is 9.84 Å². The number of anilines is 1. The number of rotatable bonds is 3. The summed E-state index contributed by atoms with van der Waals surface area (Å²) in [4.78, 5) is 27.2. The van der Waals surface area contributed by atoms with Gasteiger partial charge in [0.05, 0.1) is 12.3 Å². The normalized spacial score (nSPS) is 19.1. The van der Waals surface area contributed by atoms with E-state index < -0.39 is 29.6 Å². The first-order valence-corrected chi connectivity index (χ1v) is 9.01. The smallest absolute Gasteiger partial charge is 0.421 e. The molecule has 3 rings (SSSR count). The quantitative estimate of drug-likeness (QED) is 0.897. The van der Waals surface area contributed by atoms with E-state index in [0.29, 0.717) is 17.7 Å². The van der Waals surface area contributed by atoms with Crippen LogP contribution in [-0.2, 0) is 21.4 Å². The van der Waals surface area contributed by atoms with Crippen LogP contribution < -0.4 is 4.90 Å². The third-order valence-electron chi connectivity index (χ3n) is 4.75. The van der Waals surface area contributed by atoms with Crippen LogP contribution in [0, 0.1) is 6.92 Å². The van der Waals surface area contributed by atoms with Gasteiger partial charge in [0, 0.05) is 0 Å². The zero-order valence-electron chi connectivity index (χ0n) is 16.2. The Kier molecular flexibility index (Phi) is 4.82. The monoisotopic (exact) mass is 367 g/mol. The van der Waals surface area contributed by atoms with Gasteiger partial charge in [0.2, 0.25) is 5.91 Å². The van der Waals surface area contributed by atoms with E-state index in [1.54, 1.807) is 39.0 Å². The number of aliphatic hydroxyl groups excluding tert-OH is 1. The van der Waals surface area contributed by atoms with Gasteiger partial charge in [-0.05, 0) is 51.3 Å². The Hall–Kier alpha value is -2.66. The predicted octanol–water partition coefficient (Wildman–Crippen LogP) is 3.75. The molecule has 1 aliphatic rings. The van der Waals surface area contributed by atoms with E-state index >= 15 is 0 Å². The minimum absolute atomic E-state index is 0.304. The molecule has 0 unspecified atom stereocenters. The summed E-state index contributed by atoms with van der Waals surface area (Å²) in [5, 5.41) is 10.3. The minimum Gasteiger partial charge on any atom is -0.443 e. The molecular weight excluding hydrogens is 342 g/mol. The van der Waals surface area contributed by atoms with Crippen LogP contribution in [0.25, 0.3) is 0 Å². The summed E-state index contributed by atoms with van der Waals surface area (Å²) in [6, 6.07) is 14.9. The molecule has 2 aromatic carbocycles. The van der Waals surface area contributed by atoms with E-state index in [1.807, 2.05) is 37.3 Å². The molecule has 0 fully saturated rings. The molecule has 2 amide bonds. The van der Waals surface area contributed by atoms with Crippen molar-refractivity contribution in [1.29, 1.82) is 0 Å². The van der Waals surface area contributed by atoms with Crippen LogP contribution in [-0.4, -0.2) is 29.3 Å². The lowest BCUT2D eigenvalue weighted by atomic mass is 9.77. The van der Waals surface area contributed by atoms with Crippen molar-refractivity contribution < 1.29 is 19.4 Å². The molecule has 1 N–H and O–H groups in total. The van der Waals surface area contributed by atoms with E-state index in [9.17, 15) is 14.7 Å². The van der Waals surface area contributed by atoms with Gasteiger partial charge in [0.1, 0.15) is 11.0 Å². The number of nitrogens with zero attached hydrogens (tertiary/aromatic N) is 1. The lowest BCUT2D eigenvalue weighted by Gasteiger charge is -2.27. The number of hydrogen-bond donors (Lipinski definition) is 1. The summed E-state index contributed by atoms with van der Waals surface area (Å²) in [6.45, 7) is 6.86. The molecule has 27 heavy (non-hydrogen) atoms. The first-order valence-electron chi connectivity index (χ1n) is 9.01. The highest BCUT2D eigenvalue weighted by Gasteiger charge is 2.53. The SMILES string of the molecule is Cc1ccc(C[C@]2(CO)C(=O)N(C(=O)OC(C)(C)C)c3ccccc32)cc1. The van der Waals surface area contributed by atoms with Crippen molar-refractivity contribution in [2.45, 2.75) is 45.1 Å². The molecule has 0 saturated heterocycles. The number of imide groups is 1. The Balaban J connectivity index is 2.06. The molecule has 5 nitrogen and oxygen atoms in total. The van der Waals surface area contributed by atoms with Gasteiger partial charge in [-0.3, -0.25) is 4.79 Å². The Morgan fingerprint density at radius 1 is 1.11 bits per heavy atom. The molecule has 0 spiro atoms. The Morgan fingerprint density at radius 3 is 2.33 bits per heavy atom. The highest BCUT2D eigenvalue weighted by molar-refractivity contribution is 6.21. The number of fused-ring (bicyclic) bond motifs is 1. The molecule has 0 aliphatic carbocycles. The molecule has 5 heteroatoms. The van der Waals surface area contributed by atoms with Crippen molar-refractivity contribution >= 4 is 17.7 Å². The Labute approximate surface area is 159 Å². The van der Waals surface area contributed by atoms with Gasteiger partial charge >= 0.3 is 6.09 Å². The molecule has 0 bridgehead atoms. The number of benzene rings is 2. The number of carbonyl (C=O) groups is 2. The number of hydrogen-bond acceptors (Lipinski definition) is 4. The summed E-state index contributed by atoms with van der Waals surface area (Å²) in [6.07, 6.45) is -0.418. The second kappa shape index (κ2) is 6.82. The summed E-state index contributed by atoms with van der Waals surface area (Å²) in [5.41, 5.74) is 1.22. The van der Waals surface area contributed by atoms with Gasteiger partial charge in [-0.15, -0.1) is 0 Å². The van der Waals surface area contributed by atoms with Crippen molar-refractivity contribution in [1.82, 2.24) is 0 Å². The van der Waals surface area contributed by atoms with E-state index in [2.05, 4.69) is 0 Å².